The van der Waals surface area contributed by atoms with Gasteiger partial charge in [0.2, 0.25) is 5.91 Å². The summed E-state index contributed by atoms with van der Waals surface area (Å²) in [5.41, 5.74) is 0. The standard InChI is InChI=1S/C59H105NO10/c1-3-5-7-9-11-13-15-22-26-29-33-37-41-45-52(62)51(50-69-59-58(67)57(66)56(65)53(49-61)70-59)60-54(63)46-42-38-34-30-27-23-20-18-16-17-19-21-24-28-32-36-40-44-48-68-55(64)47-43-39-35-31-25-14-12-10-8-6-4-2/h10-13,18,20,26,29,41,45,51-53,56-59,61-62,65-67H,3-9,14-17,19,21-25,27-28,30-40,42-44,46-50H2,1-2H3,(H,60,63)/b12-10-,13-11+,20-18-,29-26+,45-41+. The molecule has 11 heteroatoms. The molecule has 6 N–H and O–H groups in total. The van der Waals surface area contributed by atoms with Crippen molar-refractivity contribution < 1.29 is 49.3 Å². The zero-order valence-electron chi connectivity index (χ0n) is 44.5. The molecule has 1 aliphatic heterocycles. The monoisotopic (exact) mass is 988 g/mol. The van der Waals surface area contributed by atoms with Gasteiger partial charge in [-0.05, 0) is 103 Å². The van der Waals surface area contributed by atoms with E-state index in [1.165, 1.54) is 109 Å². The Bertz CT molecular complexity index is 1350. The number of aliphatic hydroxyl groups excluding tert-OH is 5. The Morgan fingerprint density at radius 2 is 0.943 bits per heavy atom. The predicted octanol–water partition coefficient (Wildman–Crippen LogP) is 12.7. The van der Waals surface area contributed by atoms with Gasteiger partial charge in [0.05, 0.1) is 32.0 Å². The Morgan fingerprint density at radius 1 is 0.514 bits per heavy atom. The van der Waals surface area contributed by atoms with Gasteiger partial charge in [-0.1, -0.05) is 184 Å². The molecule has 70 heavy (non-hydrogen) atoms. The van der Waals surface area contributed by atoms with E-state index in [2.05, 4.69) is 67.8 Å². The van der Waals surface area contributed by atoms with Gasteiger partial charge in [-0.25, -0.2) is 0 Å². The van der Waals surface area contributed by atoms with Crippen molar-refractivity contribution >= 4 is 11.9 Å². The Balaban J connectivity index is 2.15. The molecule has 0 spiro atoms. The van der Waals surface area contributed by atoms with Crippen molar-refractivity contribution in [3.05, 3.63) is 60.8 Å². The molecule has 1 amide bonds. The molecule has 11 nitrogen and oxygen atoms in total. The summed E-state index contributed by atoms with van der Waals surface area (Å²) in [7, 11) is 0. The number of carbonyl (C=O) groups is 2. The Hall–Kier alpha value is -2.64. The van der Waals surface area contributed by atoms with Crippen molar-refractivity contribution in [3.8, 4) is 0 Å². The van der Waals surface area contributed by atoms with Gasteiger partial charge in [-0.2, -0.15) is 0 Å². The fourth-order valence-corrected chi connectivity index (χ4v) is 8.44. The van der Waals surface area contributed by atoms with Crippen molar-refractivity contribution in [1.82, 2.24) is 5.32 Å². The largest absolute Gasteiger partial charge is 0.466 e. The van der Waals surface area contributed by atoms with Crippen molar-refractivity contribution in [1.29, 1.82) is 0 Å². The second kappa shape index (κ2) is 48.6. The summed E-state index contributed by atoms with van der Waals surface area (Å²) in [4.78, 5) is 25.0. The Morgan fingerprint density at radius 3 is 1.46 bits per heavy atom. The second-order valence-electron chi connectivity index (χ2n) is 19.6. The molecule has 0 saturated carbocycles. The van der Waals surface area contributed by atoms with Crippen LogP contribution in [0.25, 0.3) is 0 Å². The average molecular weight is 988 g/mol. The van der Waals surface area contributed by atoms with Crippen molar-refractivity contribution in [2.75, 3.05) is 19.8 Å². The molecule has 1 heterocycles. The van der Waals surface area contributed by atoms with E-state index < -0.39 is 49.5 Å². The number of aliphatic hydroxyl groups is 5. The van der Waals surface area contributed by atoms with Crippen LogP contribution in [0.2, 0.25) is 0 Å². The summed E-state index contributed by atoms with van der Waals surface area (Å²) in [5.74, 6) is -0.239. The Kier molecular flexibility index (Phi) is 45.4. The van der Waals surface area contributed by atoms with Crippen LogP contribution in [0, 0.1) is 0 Å². The molecule has 1 aliphatic rings. The summed E-state index contributed by atoms with van der Waals surface area (Å²) in [6, 6.07) is -0.846. The smallest absolute Gasteiger partial charge is 0.305 e. The number of nitrogens with one attached hydrogen (secondary N) is 1. The van der Waals surface area contributed by atoms with E-state index >= 15 is 0 Å². The molecule has 0 aromatic rings. The molecule has 1 rings (SSSR count). The first kappa shape index (κ1) is 65.4. The summed E-state index contributed by atoms with van der Waals surface area (Å²) in [6.45, 7) is 4.21. The number of hydrogen-bond donors (Lipinski definition) is 6. The topological polar surface area (TPSA) is 175 Å². The van der Waals surface area contributed by atoms with Gasteiger partial charge in [0.25, 0.3) is 0 Å². The van der Waals surface area contributed by atoms with E-state index in [4.69, 9.17) is 14.2 Å². The van der Waals surface area contributed by atoms with Gasteiger partial charge in [0.15, 0.2) is 6.29 Å². The quantitative estimate of drug-likeness (QED) is 0.0196. The summed E-state index contributed by atoms with van der Waals surface area (Å²) in [6.07, 6.45) is 51.6. The van der Waals surface area contributed by atoms with Gasteiger partial charge in [-0.3, -0.25) is 9.59 Å². The van der Waals surface area contributed by atoms with E-state index in [1.54, 1.807) is 6.08 Å². The number of allylic oxidation sites excluding steroid dienone is 9. The van der Waals surface area contributed by atoms with Gasteiger partial charge < -0.3 is 45.1 Å². The van der Waals surface area contributed by atoms with Gasteiger partial charge in [0, 0.05) is 12.8 Å². The number of hydrogen-bond acceptors (Lipinski definition) is 10. The minimum absolute atomic E-state index is 0.0260. The molecule has 0 aromatic heterocycles. The van der Waals surface area contributed by atoms with E-state index in [9.17, 15) is 35.1 Å². The van der Waals surface area contributed by atoms with Crippen LogP contribution in [-0.2, 0) is 23.8 Å². The number of amides is 1. The highest BCUT2D eigenvalue weighted by Gasteiger charge is 2.44. The van der Waals surface area contributed by atoms with Crippen LogP contribution in [0.15, 0.2) is 60.8 Å². The van der Waals surface area contributed by atoms with E-state index in [1.807, 2.05) is 6.08 Å². The lowest BCUT2D eigenvalue weighted by Gasteiger charge is -2.40. The highest BCUT2D eigenvalue weighted by Crippen LogP contribution is 2.23. The second-order valence-corrected chi connectivity index (χ2v) is 19.6. The van der Waals surface area contributed by atoms with E-state index in [-0.39, 0.29) is 18.5 Å². The average Bonchev–Trinajstić information content (AvgIpc) is 3.36. The molecular formula is C59H105NO10. The highest BCUT2D eigenvalue weighted by molar-refractivity contribution is 5.76. The molecular weight excluding hydrogens is 883 g/mol. The first-order valence-electron chi connectivity index (χ1n) is 28.6. The number of unbranched alkanes of at least 4 members (excludes halogenated alkanes) is 26. The first-order valence-corrected chi connectivity index (χ1v) is 28.6. The molecule has 406 valence electrons. The van der Waals surface area contributed by atoms with Crippen LogP contribution in [0.5, 0.6) is 0 Å². The fourth-order valence-electron chi connectivity index (χ4n) is 8.44. The van der Waals surface area contributed by atoms with Crippen LogP contribution < -0.4 is 5.32 Å². The summed E-state index contributed by atoms with van der Waals surface area (Å²) < 4.78 is 16.6. The van der Waals surface area contributed by atoms with E-state index in [0.717, 1.165) is 96.3 Å². The van der Waals surface area contributed by atoms with Crippen molar-refractivity contribution in [2.45, 2.75) is 281 Å². The van der Waals surface area contributed by atoms with Gasteiger partial charge in [0.1, 0.15) is 24.4 Å². The maximum absolute atomic E-state index is 13.0. The third-order valence-electron chi connectivity index (χ3n) is 13.1. The van der Waals surface area contributed by atoms with Gasteiger partial charge >= 0.3 is 5.97 Å². The van der Waals surface area contributed by atoms with Crippen molar-refractivity contribution in [3.63, 3.8) is 0 Å². The lowest BCUT2D eigenvalue weighted by Crippen LogP contribution is -2.60. The molecule has 1 fully saturated rings. The molecule has 7 unspecified atom stereocenters. The Labute approximate surface area is 427 Å². The highest BCUT2D eigenvalue weighted by atomic mass is 16.7. The predicted molar refractivity (Wildman–Crippen MR) is 287 cm³/mol. The van der Waals surface area contributed by atoms with Crippen LogP contribution in [0.1, 0.15) is 239 Å². The molecule has 0 radical (unpaired) electrons. The van der Waals surface area contributed by atoms with Crippen molar-refractivity contribution in [2.24, 2.45) is 0 Å². The third-order valence-corrected chi connectivity index (χ3v) is 13.1. The molecule has 1 saturated heterocycles. The minimum atomic E-state index is -1.59. The third kappa shape index (κ3) is 38.0. The number of rotatable bonds is 48. The number of ether oxygens (including phenoxy) is 3. The normalized spacial score (nSPS) is 19.7. The molecule has 7 atom stereocenters. The van der Waals surface area contributed by atoms with Gasteiger partial charge in [-0.15, -0.1) is 0 Å². The van der Waals surface area contributed by atoms with Crippen LogP contribution >= 0.6 is 0 Å². The van der Waals surface area contributed by atoms with E-state index in [0.29, 0.717) is 25.9 Å². The van der Waals surface area contributed by atoms with Crippen LogP contribution in [0.4, 0.5) is 0 Å². The molecule has 0 aliphatic carbocycles. The minimum Gasteiger partial charge on any atom is -0.466 e. The lowest BCUT2D eigenvalue weighted by atomic mass is 9.99. The fraction of sp³-hybridized carbons (Fsp3) is 0.797. The zero-order valence-corrected chi connectivity index (χ0v) is 44.5. The molecule has 0 aromatic carbocycles. The zero-order chi connectivity index (χ0) is 51.0. The lowest BCUT2D eigenvalue weighted by molar-refractivity contribution is -0.302. The SMILES string of the molecule is CCCC/C=C\CCCCCCCC(=O)OCCCCCCCCCCC/C=C\CCCCCCCC(=O)NC(COC1OC(CO)C(O)C(O)C1O)C(O)/C=C/CC/C=C/CC/C=C/CCCCC. The maximum Gasteiger partial charge on any atom is 0.305 e. The summed E-state index contributed by atoms with van der Waals surface area (Å²) in [5, 5.41) is 54.3. The van der Waals surface area contributed by atoms with Crippen LogP contribution in [-0.4, -0.2) is 100 Å². The number of carbonyl (C=O) groups excluding carboxylic acids is 2. The maximum atomic E-state index is 13.0. The number of esters is 1. The molecule has 0 bridgehead atoms. The summed E-state index contributed by atoms with van der Waals surface area (Å²) >= 11 is 0. The first-order chi connectivity index (χ1) is 34.2. The van der Waals surface area contributed by atoms with Crippen LogP contribution in [0.3, 0.4) is 0 Å².